The Labute approximate surface area is 117 Å². The van der Waals surface area contributed by atoms with Crippen LogP contribution in [0, 0.1) is 11.7 Å². The van der Waals surface area contributed by atoms with E-state index in [4.69, 9.17) is 9.84 Å². The lowest BCUT2D eigenvalue weighted by molar-refractivity contribution is -0.0874. The third kappa shape index (κ3) is 3.89. The van der Waals surface area contributed by atoms with E-state index in [1.807, 2.05) is 4.90 Å². The monoisotopic (exact) mass is 285 g/mol. The van der Waals surface area contributed by atoms with Gasteiger partial charge in [0.25, 0.3) is 0 Å². The lowest BCUT2D eigenvalue weighted by Gasteiger charge is -2.38. The Bertz CT molecular complexity index is 414. The molecule has 1 saturated heterocycles. The minimum atomic E-state index is -0.880. The Morgan fingerprint density at radius 1 is 1.20 bits per heavy atom. The second kappa shape index (κ2) is 6.99. The second-order valence-corrected chi connectivity index (χ2v) is 5.06. The number of aliphatic hydroxyl groups excluding tert-OH is 3. The summed E-state index contributed by atoms with van der Waals surface area (Å²) >= 11 is 0. The van der Waals surface area contributed by atoms with Gasteiger partial charge in [-0.05, 0) is 24.3 Å². The van der Waals surface area contributed by atoms with Gasteiger partial charge in [-0.1, -0.05) is 0 Å². The highest BCUT2D eigenvalue weighted by Gasteiger charge is 2.33. The molecule has 3 unspecified atom stereocenters. The van der Waals surface area contributed by atoms with Crippen LogP contribution in [-0.4, -0.2) is 65.3 Å². The maximum Gasteiger partial charge on any atom is 0.123 e. The number of aliphatic hydroxyl groups is 3. The van der Waals surface area contributed by atoms with Crippen LogP contribution < -0.4 is 4.74 Å². The average Bonchev–Trinajstić information content (AvgIpc) is 2.44. The van der Waals surface area contributed by atoms with E-state index in [-0.39, 0.29) is 18.3 Å². The number of ether oxygens (including phenoxy) is 1. The number of benzene rings is 1. The van der Waals surface area contributed by atoms with Crippen LogP contribution in [0.5, 0.6) is 5.75 Å². The lowest BCUT2D eigenvalue weighted by atomic mass is 9.93. The quantitative estimate of drug-likeness (QED) is 0.702. The summed E-state index contributed by atoms with van der Waals surface area (Å²) in [5.74, 6) is -0.0662. The molecule has 0 aliphatic carbocycles. The third-order valence-electron chi connectivity index (χ3n) is 3.54. The first-order valence-electron chi connectivity index (χ1n) is 6.68. The molecule has 0 amide bonds. The first-order valence-corrected chi connectivity index (χ1v) is 6.68. The van der Waals surface area contributed by atoms with E-state index < -0.39 is 12.2 Å². The average molecular weight is 285 g/mol. The molecule has 112 valence electrons. The molecule has 1 heterocycles. The number of rotatable bonds is 5. The normalized spacial score (nSPS) is 27.5. The van der Waals surface area contributed by atoms with Gasteiger partial charge in [0.2, 0.25) is 0 Å². The van der Waals surface area contributed by atoms with Gasteiger partial charge in [-0.15, -0.1) is 0 Å². The van der Waals surface area contributed by atoms with Gasteiger partial charge in [-0.3, -0.25) is 4.90 Å². The van der Waals surface area contributed by atoms with Crippen molar-refractivity contribution in [1.29, 1.82) is 0 Å². The summed E-state index contributed by atoms with van der Waals surface area (Å²) in [5, 5.41) is 28.6. The molecule has 6 heteroatoms. The predicted molar refractivity (Wildman–Crippen MR) is 70.9 cm³/mol. The topological polar surface area (TPSA) is 73.2 Å². The van der Waals surface area contributed by atoms with Crippen molar-refractivity contribution >= 4 is 0 Å². The Hall–Kier alpha value is -1.21. The number of piperidine rings is 1. The summed E-state index contributed by atoms with van der Waals surface area (Å²) in [7, 11) is 0. The van der Waals surface area contributed by atoms with E-state index in [2.05, 4.69) is 0 Å². The number of hydrogen-bond donors (Lipinski definition) is 3. The first kappa shape index (κ1) is 15.2. The molecule has 1 aromatic carbocycles. The van der Waals surface area contributed by atoms with E-state index in [1.165, 1.54) is 12.1 Å². The fourth-order valence-corrected chi connectivity index (χ4v) is 2.37. The van der Waals surface area contributed by atoms with Gasteiger partial charge in [-0.2, -0.15) is 0 Å². The molecule has 0 aromatic heterocycles. The van der Waals surface area contributed by atoms with Crippen LogP contribution in [0.2, 0.25) is 0 Å². The Morgan fingerprint density at radius 2 is 1.90 bits per heavy atom. The van der Waals surface area contributed by atoms with Crippen molar-refractivity contribution in [3.05, 3.63) is 30.1 Å². The highest BCUT2D eigenvalue weighted by Crippen LogP contribution is 2.17. The summed E-state index contributed by atoms with van der Waals surface area (Å²) in [6.45, 7) is 1.67. The summed E-state index contributed by atoms with van der Waals surface area (Å²) < 4.78 is 18.2. The van der Waals surface area contributed by atoms with E-state index >= 15 is 0 Å². The SMILES string of the molecule is OCC1CN(CCOc2ccc(F)cc2)CC(O)C1O. The number of halogens is 1. The zero-order valence-electron chi connectivity index (χ0n) is 11.2. The Kier molecular flexibility index (Phi) is 5.31. The van der Waals surface area contributed by atoms with Crippen molar-refractivity contribution in [1.82, 2.24) is 4.90 Å². The van der Waals surface area contributed by atoms with Crippen molar-refractivity contribution in [2.24, 2.45) is 5.92 Å². The lowest BCUT2D eigenvalue weighted by Crippen LogP contribution is -2.54. The van der Waals surface area contributed by atoms with Gasteiger partial charge < -0.3 is 20.1 Å². The molecule has 0 saturated carbocycles. The van der Waals surface area contributed by atoms with Crippen molar-refractivity contribution in [3.63, 3.8) is 0 Å². The van der Waals surface area contributed by atoms with Gasteiger partial charge >= 0.3 is 0 Å². The predicted octanol–water partition coefficient (Wildman–Crippen LogP) is -0.150. The maximum atomic E-state index is 12.7. The smallest absolute Gasteiger partial charge is 0.123 e. The van der Waals surface area contributed by atoms with Crippen molar-refractivity contribution < 1.29 is 24.4 Å². The molecule has 2 rings (SSSR count). The zero-order valence-corrected chi connectivity index (χ0v) is 11.2. The molecule has 1 fully saturated rings. The van der Waals surface area contributed by atoms with Crippen LogP contribution in [0.25, 0.3) is 0 Å². The van der Waals surface area contributed by atoms with Gasteiger partial charge in [0, 0.05) is 32.2 Å². The molecule has 3 atom stereocenters. The molecule has 1 aromatic rings. The van der Waals surface area contributed by atoms with E-state index in [1.54, 1.807) is 12.1 Å². The minimum Gasteiger partial charge on any atom is -0.492 e. The molecule has 0 bridgehead atoms. The maximum absolute atomic E-state index is 12.7. The fourth-order valence-electron chi connectivity index (χ4n) is 2.37. The Morgan fingerprint density at radius 3 is 2.55 bits per heavy atom. The largest absolute Gasteiger partial charge is 0.492 e. The number of hydrogen-bond acceptors (Lipinski definition) is 5. The Balaban J connectivity index is 1.77. The number of β-amino-alcohol motifs (C(OH)–C–C–N with tert-alkyl or cyclic N) is 1. The number of nitrogens with zero attached hydrogens (tertiary/aromatic N) is 1. The van der Waals surface area contributed by atoms with Crippen LogP contribution in [0.1, 0.15) is 0 Å². The molecule has 1 aliphatic heterocycles. The molecule has 1 aliphatic rings. The van der Waals surface area contributed by atoms with Crippen molar-refractivity contribution in [3.8, 4) is 5.75 Å². The standard InChI is InChI=1S/C14H20FNO4/c15-11-1-3-12(4-2-11)20-6-5-16-7-10(9-17)14(19)13(18)8-16/h1-4,10,13-14,17-19H,5-9H2. The van der Waals surface area contributed by atoms with Crippen LogP contribution in [0.3, 0.4) is 0 Å². The van der Waals surface area contributed by atoms with Gasteiger partial charge in [0.15, 0.2) is 0 Å². The molecule has 3 N–H and O–H groups in total. The summed E-state index contributed by atoms with van der Waals surface area (Å²) in [4.78, 5) is 1.93. The van der Waals surface area contributed by atoms with Gasteiger partial charge in [0.1, 0.15) is 18.2 Å². The molecule has 0 radical (unpaired) electrons. The van der Waals surface area contributed by atoms with Crippen LogP contribution >= 0.6 is 0 Å². The van der Waals surface area contributed by atoms with Crippen molar-refractivity contribution in [2.45, 2.75) is 12.2 Å². The summed E-state index contributed by atoms with van der Waals surface area (Å²) in [5.41, 5.74) is 0. The summed E-state index contributed by atoms with van der Waals surface area (Å²) in [6.07, 6.45) is -1.74. The fraction of sp³-hybridized carbons (Fsp3) is 0.571. The van der Waals surface area contributed by atoms with Gasteiger partial charge in [0.05, 0.1) is 12.2 Å². The van der Waals surface area contributed by atoms with Crippen LogP contribution in [-0.2, 0) is 0 Å². The summed E-state index contributed by atoms with van der Waals surface area (Å²) in [6, 6.07) is 5.78. The molecule has 5 nitrogen and oxygen atoms in total. The van der Waals surface area contributed by atoms with Gasteiger partial charge in [-0.25, -0.2) is 4.39 Å². The third-order valence-corrected chi connectivity index (χ3v) is 3.54. The zero-order chi connectivity index (χ0) is 14.5. The van der Waals surface area contributed by atoms with E-state index in [9.17, 15) is 14.6 Å². The highest BCUT2D eigenvalue weighted by molar-refractivity contribution is 5.21. The molecular weight excluding hydrogens is 265 g/mol. The minimum absolute atomic E-state index is 0.159. The molecular formula is C14H20FNO4. The molecule has 20 heavy (non-hydrogen) atoms. The second-order valence-electron chi connectivity index (χ2n) is 5.06. The first-order chi connectivity index (χ1) is 9.60. The van der Waals surface area contributed by atoms with Crippen LogP contribution in [0.4, 0.5) is 4.39 Å². The molecule has 0 spiro atoms. The van der Waals surface area contributed by atoms with Crippen LogP contribution in [0.15, 0.2) is 24.3 Å². The van der Waals surface area contributed by atoms with Crippen molar-refractivity contribution in [2.75, 3.05) is 32.8 Å². The van der Waals surface area contributed by atoms with E-state index in [0.29, 0.717) is 32.0 Å². The van der Waals surface area contributed by atoms with E-state index in [0.717, 1.165) is 0 Å². The number of likely N-dealkylation sites (tertiary alicyclic amines) is 1. The highest BCUT2D eigenvalue weighted by atomic mass is 19.1.